The third-order valence-corrected chi connectivity index (χ3v) is 3.39. The summed E-state index contributed by atoms with van der Waals surface area (Å²) in [4.78, 5) is 25.0. The van der Waals surface area contributed by atoms with Crippen molar-refractivity contribution in [2.45, 2.75) is 6.54 Å². The molecule has 0 radical (unpaired) electrons. The van der Waals surface area contributed by atoms with Gasteiger partial charge >= 0.3 is 11.7 Å². The molecule has 0 spiro atoms. The summed E-state index contributed by atoms with van der Waals surface area (Å²) in [5.74, 6) is -1.13. The number of carboxylic acid groups (broad SMARTS) is 1. The highest BCUT2D eigenvalue weighted by Gasteiger charge is 2.19. The van der Waals surface area contributed by atoms with Crippen molar-refractivity contribution in [3.63, 3.8) is 0 Å². The van der Waals surface area contributed by atoms with Gasteiger partial charge in [-0.25, -0.2) is 9.78 Å². The standard InChI is InChI=1S/C12H8N4O4S/c13-4-7-2-1-3-8(11(7)16(19)20)14-5-10-15-9(6-21-10)12(17)18/h1-3,6,14H,5H2,(H,17,18). The molecule has 1 heterocycles. The predicted octanol–water partition coefficient (Wildman–Crippen LogP) is 2.23. The van der Waals surface area contributed by atoms with E-state index in [0.717, 1.165) is 11.3 Å². The van der Waals surface area contributed by atoms with Crippen molar-refractivity contribution in [1.29, 1.82) is 5.26 Å². The van der Waals surface area contributed by atoms with E-state index >= 15 is 0 Å². The molecule has 0 aliphatic heterocycles. The number of nitro groups is 1. The number of nitrogens with one attached hydrogen (secondary N) is 1. The highest BCUT2D eigenvalue weighted by molar-refractivity contribution is 7.09. The van der Waals surface area contributed by atoms with Crippen LogP contribution in [-0.4, -0.2) is 21.0 Å². The van der Waals surface area contributed by atoms with Gasteiger partial charge in [-0.05, 0) is 12.1 Å². The van der Waals surface area contributed by atoms with Crippen LogP contribution in [-0.2, 0) is 6.54 Å². The van der Waals surface area contributed by atoms with E-state index in [1.165, 1.54) is 23.6 Å². The van der Waals surface area contributed by atoms with Gasteiger partial charge in [-0.15, -0.1) is 11.3 Å². The minimum atomic E-state index is -1.13. The van der Waals surface area contributed by atoms with E-state index < -0.39 is 10.9 Å². The molecule has 106 valence electrons. The number of anilines is 1. The molecule has 21 heavy (non-hydrogen) atoms. The number of carbonyl (C=O) groups is 1. The Morgan fingerprint density at radius 1 is 1.57 bits per heavy atom. The maximum Gasteiger partial charge on any atom is 0.355 e. The van der Waals surface area contributed by atoms with Crippen LogP contribution in [0.1, 0.15) is 21.1 Å². The number of hydrogen-bond donors (Lipinski definition) is 2. The third-order valence-electron chi connectivity index (χ3n) is 2.54. The molecule has 2 aromatic rings. The summed E-state index contributed by atoms with van der Waals surface area (Å²) in [5, 5.41) is 33.3. The lowest BCUT2D eigenvalue weighted by molar-refractivity contribution is -0.384. The number of aromatic carboxylic acids is 1. The Morgan fingerprint density at radius 2 is 2.33 bits per heavy atom. The van der Waals surface area contributed by atoms with Crippen LogP contribution >= 0.6 is 11.3 Å². The highest BCUT2D eigenvalue weighted by atomic mass is 32.1. The molecular formula is C12H8N4O4S. The van der Waals surface area contributed by atoms with Crippen LogP contribution in [0.2, 0.25) is 0 Å². The van der Waals surface area contributed by atoms with Gasteiger partial charge in [-0.3, -0.25) is 10.1 Å². The lowest BCUT2D eigenvalue weighted by atomic mass is 10.1. The van der Waals surface area contributed by atoms with Gasteiger partial charge in [0.15, 0.2) is 5.69 Å². The Hall–Kier alpha value is -2.99. The number of benzene rings is 1. The van der Waals surface area contributed by atoms with Gasteiger partial charge in [-0.1, -0.05) is 6.07 Å². The van der Waals surface area contributed by atoms with Gasteiger partial charge in [-0.2, -0.15) is 5.26 Å². The molecule has 1 aromatic carbocycles. The van der Waals surface area contributed by atoms with Gasteiger partial charge in [0.2, 0.25) is 0 Å². The average Bonchev–Trinajstić information content (AvgIpc) is 2.93. The Labute approximate surface area is 122 Å². The van der Waals surface area contributed by atoms with Crippen LogP contribution in [0, 0.1) is 21.4 Å². The Morgan fingerprint density at radius 3 is 2.90 bits per heavy atom. The number of nitrogens with zero attached hydrogens (tertiary/aromatic N) is 3. The average molecular weight is 304 g/mol. The second-order valence-corrected chi connectivity index (χ2v) is 4.80. The molecule has 0 saturated carbocycles. The van der Waals surface area contributed by atoms with Crippen molar-refractivity contribution in [1.82, 2.24) is 4.98 Å². The largest absolute Gasteiger partial charge is 0.476 e. The summed E-state index contributed by atoms with van der Waals surface area (Å²) >= 11 is 1.13. The molecule has 8 nitrogen and oxygen atoms in total. The van der Waals surface area contributed by atoms with Crippen LogP contribution in [0.4, 0.5) is 11.4 Å². The Bertz CT molecular complexity index is 750. The minimum Gasteiger partial charge on any atom is -0.476 e. The molecule has 0 aliphatic carbocycles. The number of para-hydroxylation sites is 1. The van der Waals surface area contributed by atoms with E-state index in [2.05, 4.69) is 10.3 Å². The van der Waals surface area contributed by atoms with Crippen LogP contribution in [0.5, 0.6) is 0 Å². The molecule has 0 saturated heterocycles. The molecule has 2 N–H and O–H groups in total. The van der Waals surface area contributed by atoms with Crippen LogP contribution < -0.4 is 5.32 Å². The number of thiazole rings is 1. The Balaban J connectivity index is 2.22. The predicted molar refractivity (Wildman–Crippen MR) is 74.2 cm³/mol. The third kappa shape index (κ3) is 3.13. The van der Waals surface area contributed by atoms with Gasteiger partial charge in [0.25, 0.3) is 0 Å². The highest BCUT2D eigenvalue weighted by Crippen LogP contribution is 2.28. The van der Waals surface area contributed by atoms with Crippen molar-refractivity contribution >= 4 is 28.7 Å². The summed E-state index contributed by atoms with van der Waals surface area (Å²) in [6.45, 7) is 0.133. The van der Waals surface area contributed by atoms with Gasteiger partial charge in [0, 0.05) is 5.38 Å². The van der Waals surface area contributed by atoms with Crippen molar-refractivity contribution in [2.24, 2.45) is 0 Å². The fourth-order valence-electron chi connectivity index (χ4n) is 1.63. The molecule has 0 unspecified atom stereocenters. The number of hydrogen-bond acceptors (Lipinski definition) is 7. The molecule has 0 fully saturated rings. The number of rotatable bonds is 5. The van der Waals surface area contributed by atoms with Gasteiger partial charge in [0.05, 0.1) is 11.5 Å². The molecule has 1 aromatic heterocycles. The summed E-state index contributed by atoms with van der Waals surface area (Å²) in [6.07, 6.45) is 0. The van der Waals surface area contributed by atoms with E-state index in [0.29, 0.717) is 5.01 Å². The second kappa shape index (κ2) is 5.98. The summed E-state index contributed by atoms with van der Waals surface area (Å²) < 4.78 is 0. The SMILES string of the molecule is N#Cc1cccc(NCc2nc(C(=O)O)cs2)c1[N+](=O)[O-]. The normalized spacial score (nSPS) is 9.86. The van der Waals surface area contributed by atoms with Crippen LogP contribution in [0.15, 0.2) is 23.6 Å². The molecule has 0 atom stereocenters. The summed E-state index contributed by atoms with van der Waals surface area (Å²) in [5.41, 5.74) is -0.242. The summed E-state index contributed by atoms with van der Waals surface area (Å²) in [7, 11) is 0. The van der Waals surface area contributed by atoms with Crippen molar-refractivity contribution in [2.75, 3.05) is 5.32 Å². The fraction of sp³-hybridized carbons (Fsp3) is 0.0833. The van der Waals surface area contributed by atoms with Crippen molar-refractivity contribution < 1.29 is 14.8 Å². The van der Waals surface area contributed by atoms with E-state index in [9.17, 15) is 14.9 Å². The van der Waals surface area contributed by atoms with Gasteiger partial charge in [0.1, 0.15) is 22.3 Å². The molecule has 0 amide bonds. The number of carboxylic acids is 1. The van der Waals surface area contributed by atoms with Crippen LogP contribution in [0.25, 0.3) is 0 Å². The zero-order valence-electron chi connectivity index (χ0n) is 10.4. The zero-order valence-corrected chi connectivity index (χ0v) is 11.3. The van der Waals surface area contributed by atoms with E-state index in [1.54, 1.807) is 6.07 Å². The molecule has 2 rings (SSSR count). The lowest BCUT2D eigenvalue weighted by Gasteiger charge is -2.05. The zero-order chi connectivity index (χ0) is 15.4. The topological polar surface area (TPSA) is 129 Å². The second-order valence-electron chi connectivity index (χ2n) is 3.86. The molecular weight excluding hydrogens is 296 g/mol. The number of nitriles is 1. The van der Waals surface area contributed by atoms with E-state index in [1.807, 2.05) is 0 Å². The summed E-state index contributed by atoms with van der Waals surface area (Å²) in [6, 6.07) is 6.12. The first-order valence-corrected chi connectivity index (χ1v) is 6.50. The Kier molecular flexibility index (Phi) is 4.10. The first kappa shape index (κ1) is 14.4. The first-order valence-electron chi connectivity index (χ1n) is 5.62. The fourth-order valence-corrected chi connectivity index (χ4v) is 2.34. The van der Waals surface area contributed by atoms with Crippen molar-refractivity contribution in [3.8, 4) is 6.07 Å². The lowest BCUT2D eigenvalue weighted by Crippen LogP contribution is -2.04. The van der Waals surface area contributed by atoms with Gasteiger partial charge < -0.3 is 10.4 Å². The maximum atomic E-state index is 11.0. The molecule has 0 bridgehead atoms. The molecule has 9 heteroatoms. The number of nitro benzene ring substituents is 1. The quantitative estimate of drug-likeness (QED) is 0.640. The number of aromatic nitrogens is 1. The van der Waals surface area contributed by atoms with Crippen molar-refractivity contribution in [3.05, 3.63) is 50.0 Å². The minimum absolute atomic E-state index is 0.0460. The van der Waals surface area contributed by atoms with E-state index in [4.69, 9.17) is 10.4 Å². The monoisotopic (exact) mass is 304 g/mol. The van der Waals surface area contributed by atoms with Crippen LogP contribution in [0.3, 0.4) is 0 Å². The smallest absolute Gasteiger partial charge is 0.355 e. The maximum absolute atomic E-state index is 11.0. The van der Waals surface area contributed by atoms with E-state index in [-0.39, 0.29) is 29.2 Å². The molecule has 0 aliphatic rings. The first-order chi connectivity index (χ1) is 10.0.